The number of nitrogens with zero attached hydrogens (tertiary/aromatic N) is 2. The molecule has 0 radical (unpaired) electrons. The van der Waals surface area contributed by atoms with Gasteiger partial charge in [-0.15, -0.1) is 11.3 Å². The molecular formula is C14H19N3S. The Morgan fingerprint density at radius 1 is 1.56 bits per heavy atom. The highest BCUT2D eigenvalue weighted by atomic mass is 32.1. The maximum absolute atomic E-state index is 6.29. The minimum absolute atomic E-state index is 0.187. The van der Waals surface area contributed by atoms with E-state index in [1.807, 2.05) is 11.7 Å². The van der Waals surface area contributed by atoms with Crippen molar-refractivity contribution < 1.29 is 0 Å². The van der Waals surface area contributed by atoms with E-state index in [1.54, 1.807) is 11.3 Å². The third-order valence-electron chi connectivity index (χ3n) is 3.74. The van der Waals surface area contributed by atoms with E-state index in [9.17, 15) is 0 Å². The van der Waals surface area contributed by atoms with Gasteiger partial charge in [0.25, 0.3) is 0 Å². The van der Waals surface area contributed by atoms with Crippen molar-refractivity contribution >= 4 is 11.3 Å². The molecule has 4 heteroatoms. The molecule has 0 bridgehead atoms. The molecule has 0 saturated heterocycles. The fourth-order valence-corrected chi connectivity index (χ4v) is 3.52. The molecule has 2 N–H and O–H groups in total. The number of aromatic nitrogens is 2. The van der Waals surface area contributed by atoms with Gasteiger partial charge < -0.3 is 10.3 Å². The maximum Gasteiger partial charge on any atom is 0.0794 e. The monoisotopic (exact) mass is 261 g/mol. The lowest BCUT2D eigenvalue weighted by Crippen LogP contribution is -2.30. The van der Waals surface area contributed by atoms with Gasteiger partial charge in [0.15, 0.2) is 0 Å². The van der Waals surface area contributed by atoms with Crippen molar-refractivity contribution in [2.45, 2.75) is 39.3 Å². The molecule has 3 nitrogen and oxygen atoms in total. The van der Waals surface area contributed by atoms with Gasteiger partial charge in [0.2, 0.25) is 0 Å². The first-order valence-electron chi connectivity index (χ1n) is 6.36. The van der Waals surface area contributed by atoms with Gasteiger partial charge in [0, 0.05) is 29.0 Å². The van der Waals surface area contributed by atoms with Crippen molar-refractivity contribution in [1.29, 1.82) is 0 Å². The SMILES string of the molecule is CC1(C)Cc2c(ccn2Cc2cncs2)C(N)C1. The Bertz CT molecular complexity index is 539. The number of rotatable bonds is 2. The van der Waals surface area contributed by atoms with Gasteiger partial charge in [0.05, 0.1) is 12.1 Å². The highest BCUT2D eigenvalue weighted by molar-refractivity contribution is 7.09. The summed E-state index contributed by atoms with van der Waals surface area (Å²) in [7, 11) is 0. The van der Waals surface area contributed by atoms with E-state index in [4.69, 9.17) is 5.73 Å². The molecule has 18 heavy (non-hydrogen) atoms. The first-order valence-corrected chi connectivity index (χ1v) is 7.24. The standard InChI is InChI=1S/C14H19N3S/c1-14(2)5-12(15)11-3-4-17(13(11)6-14)8-10-7-16-9-18-10/h3-4,7,9,12H,5-6,8,15H2,1-2H3. The van der Waals surface area contributed by atoms with Crippen molar-refractivity contribution in [3.05, 3.63) is 40.1 Å². The summed E-state index contributed by atoms with van der Waals surface area (Å²) in [6, 6.07) is 2.38. The molecule has 96 valence electrons. The molecule has 0 spiro atoms. The van der Waals surface area contributed by atoms with Crippen molar-refractivity contribution in [3.63, 3.8) is 0 Å². The molecule has 1 unspecified atom stereocenters. The molecule has 2 heterocycles. The zero-order valence-electron chi connectivity index (χ0n) is 10.9. The molecular weight excluding hydrogens is 242 g/mol. The predicted molar refractivity (Wildman–Crippen MR) is 74.7 cm³/mol. The van der Waals surface area contributed by atoms with Gasteiger partial charge in [-0.2, -0.15) is 0 Å². The van der Waals surface area contributed by atoms with Crippen LogP contribution in [0.4, 0.5) is 0 Å². The summed E-state index contributed by atoms with van der Waals surface area (Å²) in [6.45, 7) is 5.53. The Hall–Kier alpha value is -1.13. The Morgan fingerprint density at radius 2 is 2.39 bits per heavy atom. The Labute approximate surface area is 112 Å². The normalized spacial score (nSPS) is 21.8. The minimum atomic E-state index is 0.187. The van der Waals surface area contributed by atoms with Crippen LogP contribution in [0.3, 0.4) is 0 Å². The van der Waals surface area contributed by atoms with Crippen molar-refractivity contribution in [1.82, 2.24) is 9.55 Å². The zero-order chi connectivity index (χ0) is 12.8. The molecule has 2 aromatic heterocycles. The van der Waals surface area contributed by atoms with Gasteiger partial charge in [-0.25, -0.2) is 0 Å². The maximum atomic E-state index is 6.29. The van der Waals surface area contributed by atoms with E-state index >= 15 is 0 Å². The molecule has 0 aromatic carbocycles. The molecule has 2 aromatic rings. The summed E-state index contributed by atoms with van der Waals surface area (Å²) in [4.78, 5) is 5.44. The van der Waals surface area contributed by atoms with Crippen LogP contribution in [0.5, 0.6) is 0 Å². The lowest BCUT2D eigenvalue weighted by molar-refractivity contribution is 0.276. The van der Waals surface area contributed by atoms with E-state index < -0.39 is 0 Å². The number of thiazole rings is 1. The second kappa shape index (κ2) is 4.21. The van der Waals surface area contributed by atoms with Crippen molar-refractivity contribution in [3.8, 4) is 0 Å². The predicted octanol–water partition coefficient (Wildman–Crippen LogP) is 2.97. The molecule has 0 aliphatic heterocycles. The van der Waals surface area contributed by atoms with Crippen LogP contribution in [-0.4, -0.2) is 9.55 Å². The number of hydrogen-bond donors (Lipinski definition) is 1. The zero-order valence-corrected chi connectivity index (χ0v) is 11.7. The first-order chi connectivity index (χ1) is 8.55. The lowest BCUT2D eigenvalue weighted by atomic mass is 9.74. The van der Waals surface area contributed by atoms with Gasteiger partial charge >= 0.3 is 0 Å². The largest absolute Gasteiger partial charge is 0.346 e. The topological polar surface area (TPSA) is 43.8 Å². The van der Waals surface area contributed by atoms with E-state index in [-0.39, 0.29) is 6.04 Å². The summed E-state index contributed by atoms with van der Waals surface area (Å²) >= 11 is 1.71. The fourth-order valence-electron chi connectivity index (χ4n) is 2.93. The van der Waals surface area contributed by atoms with E-state index in [2.05, 4.69) is 35.7 Å². The second-order valence-electron chi connectivity index (χ2n) is 5.97. The van der Waals surface area contributed by atoms with Gasteiger partial charge in [0.1, 0.15) is 0 Å². The number of nitrogens with two attached hydrogens (primary N) is 1. The summed E-state index contributed by atoms with van der Waals surface area (Å²) in [5.74, 6) is 0. The Kier molecular flexibility index (Phi) is 2.79. The first kappa shape index (κ1) is 11.9. The van der Waals surface area contributed by atoms with Crippen molar-refractivity contribution in [2.75, 3.05) is 0 Å². The summed E-state index contributed by atoms with van der Waals surface area (Å²) in [5.41, 5.74) is 11.2. The molecule has 3 rings (SSSR count). The number of fused-ring (bicyclic) bond motifs is 1. The molecule has 1 atom stereocenters. The van der Waals surface area contributed by atoms with E-state index in [0.717, 1.165) is 19.4 Å². The lowest BCUT2D eigenvalue weighted by Gasteiger charge is -2.34. The average Bonchev–Trinajstić information content (AvgIpc) is 2.88. The van der Waals surface area contributed by atoms with Gasteiger partial charge in [-0.3, -0.25) is 4.98 Å². The van der Waals surface area contributed by atoms with Crippen LogP contribution < -0.4 is 5.73 Å². The van der Waals surface area contributed by atoms with E-state index in [1.165, 1.54) is 16.1 Å². The highest BCUT2D eigenvalue weighted by Gasteiger charge is 2.32. The van der Waals surface area contributed by atoms with Crippen LogP contribution in [-0.2, 0) is 13.0 Å². The second-order valence-corrected chi connectivity index (χ2v) is 6.94. The highest BCUT2D eigenvalue weighted by Crippen LogP contribution is 2.40. The summed E-state index contributed by atoms with van der Waals surface area (Å²) in [5, 5.41) is 0. The summed E-state index contributed by atoms with van der Waals surface area (Å²) < 4.78 is 2.34. The molecule has 1 aliphatic rings. The fraction of sp³-hybridized carbons (Fsp3) is 0.500. The number of hydrogen-bond acceptors (Lipinski definition) is 3. The third-order valence-corrected chi connectivity index (χ3v) is 4.51. The van der Waals surface area contributed by atoms with Gasteiger partial charge in [-0.1, -0.05) is 13.8 Å². The third kappa shape index (κ3) is 2.10. The van der Waals surface area contributed by atoms with Crippen molar-refractivity contribution in [2.24, 2.45) is 11.1 Å². The Balaban J connectivity index is 1.94. The summed E-state index contributed by atoms with van der Waals surface area (Å²) in [6.07, 6.45) is 6.31. The molecule has 1 aliphatic carbocycles. The average molecular weight is 261 g/mol. The van der Waals surface area contributed by atoms with Crippen LogP contribution >= 0.6 is 11.3 Å². The molecule has 0 amide bonds. The smallest absolute Gasteiger partial charge is 0.0794 e. The van der Waals surface area contributed by atoms with E-state index in [0.29, 0.717) is 5.41 Å². The van der Waals surface area contributed by atoms with Gasteiger partial charge in [-0.05, 0) is 29.9 Å². The quantitative estimate of drug-likeness (QED) is 0.903. The van der Waals surface area contributed by atoms with Crippen LogP contribution in [0.25, 0.3) is 0 Å². The Morgan fingerprint density at radius 3 is 3.11 bits per heavy atom. The molecule has 0 saturated carbocycles. The van der Waals surface area contributed by atoms with Crippen LogP contribution in [0.2, 0.25) is 0 Å². The van der Waals surface area contributed by atoms with Crippen LogP contribution in [0, 0.1) is 5.41 Å². The minimum Gasteiger partial charge on any atom is -0.346 e. The van der Waals surface area contributed by atoms with Crippen LogP contribution in [0.15, 0.2) is 24.0 Å². The molecule has 0 fully saturated rings. The van der Waals surface area contributed by atoms with Crippen LogP contribution in [0.1, 0.15) is 42.4 Å².